The van der Waals surface area contributed by atoms with E-state index in [1.54, 1.807) is 41.7 Å². The highest BCUT2D eigenvalue weighted by Gasteiger charge is 2.30. The molecule has 0 spiro atoms. The van der Waals surface area contributed by atoms with Crippen LogP contribution in [0.15, 0.2) is 36.0 Å². The fourth-order valence-electron chi connectivity index (χ4n) is 4.29. The van der Waals surface area contributed by atoms with Crippen LogP contribution in [0.25, 0.3) is 21.3 Å². The van der Waals surface area contributed by atoms with Gasteiger partial charge in [0, 0.05) is 49.7 Å². The van der Waals surface area contributed by atoms with E-state index in [9.17, 15) is 9.59 Å². The van der Waals surface area contributed by atoms with Crippen molar-refractivity contribution in [3.8, 4) is 11.1 Å². The van der Waals surface area contributed by atoms with Crippen molar-refractivity contribution < 1.29 is 19.2 Å². The third-order valence-electron chi connectivity index (χ3n) is 6.34. The molecule has 1 aliphatic heterocycles. The number of piperidine rings is 1. The quantitative estimate of drug-likeness (QED) is 0.454. The summed E-state index contributed by atoms with van der Waals surface area (Å²) in [6.45, 7) is 6.95. The molecule has 0 aliphatic carbocycles. The molecule has 0 saturated carbocycles. The second-order valence-electron chi connectivity index (χ2n) is 9.90. The van der Waals surface area contributed by atoms with Crippen LogP contribution in [-0.4, -0.2) is 77.9 Å². The summed E-state index contributed by atoms with van der Waals surface area (Å²) in [5.41, 5.74) is 2.93. The van der Waals surface area contributed by atoms with E-state index >= 15 is 0 Å². The Hall–Kier alpha value is -3.24. The van der Waals surface area contributed by atoms with Crippen molar-refractivity contribution in [2.45, 2.75) is 45.3 Å². The van der Waals surface area contributed by atoms with Gasteiger partial charge in [-0.1, -0.05) is 12.1 Å². The van der Waals surface area contributed by atoms with Crippen LogP contribution in [0.3, 0.4) is 0 Å². The third kappa shape index (κ3) is 5.44. The molecule has 1 saturated heterocycles. The second kappa shape index (κ2) is 10.4. The maximum absolute atomic E-state index is 12.4. The van der Waals surface area contributed by atoms with Crippen molar-refractivity contribution in [2.24, 2.45) is 0 Å². The number of fused-ring (bicyclic) bond motifs is 1. The zero-order chi connectivity index (χ0) is 26.0. The molecular weight excluding hydrogens is 478 g/mol. The first kappa shape index (κ1) is 25.8. The number of carbonyl (C=O) groups excluding carboxylic acids is 2. The zero-order valence-electron chi connectivity index (χ0n) is 21.6. The van der Waals surface area contributed by atoms with Crippen LogP contribution < -0.4 is 4.90 Å². The molecular formula is C26H33N5O4S. The summed E-state index contributed by atoms with van der Waals surface area (Å²) in [5, 5.41) is 3.28. The monoisotopic (exact) mass is 511 g/mol. The fraction of sp³-hybridized carbons (Fsp3) is 0.462. The molecule has 3 aromatic rings. The van der Waals surface area contributed by atoms with Gasteiger partial charge in [0.2, 0.25) is 0 Å². The average molecular weight is 512 g/mol. The SMILES string of the molecule is CON(C)C(=O)c1ccc(-c2csc3c(N(C)C4CCN(C(=O)OC(C)(C)C)CC4)ncnc23)cc1. The predicted molar refractivity (Wildman–Crippen MR) is 141 cm³/mol. The summed E-state index contributed by atoms with van der Waals surface area (Å²) in [6, 6.07) is 7.70. The lowest BCUT2D eigenvalue weighted by molar-refractivity contribution is -0.0756. The van der Waals surface area contributed by atoms with Crippen molar-refractivity contribution in [3.05, 3.63) is 41.5 Å². The second-order valence-corrected chi connectivity index (χ2v) is 10.8. The van der Waals surface area contributed by atoms with Crippen LogP contribution in [0.2, 0.25) is 0 Å². The van der Waals surface area contributed by atoms with Gasteiger partial charge in [-0.25, -0.2) is 19.8 Å². The molecule has 4 rings (SSSR count). The predicted octanol–water partition coefficient (Wildman–Crippen LogP) is 4.83. The largest absolute Gasteiger partial charge is 0.444 e. The van der Waals surface area contributed by atoms with E-state index in [2.05, 4.69) is 27.3 Å². The number of nitrogens with zero attached hydrogens (tertiary/aromatic N) is 5. The summed E-state index contributed by atoms with van der Waals surface area (Å²) >= 11 is 1.61. The molecule has 9 nitrogen and oxygen atoms in total. The van der Waals surface area contributed by atoms with E-state index in [4.69, 9.17) is 9.57 Å². The number of carbonyl (C=O) groups is 2. The van der Waals surface area contributed by atoms with Gasteiger partial charge in [0.25, 0.3) is 5.91 Å². The number of likely N-dealkylation sites (tertiary alicyclic amines) is 1. The molecule has 0 N–H and O–H groups in total. The van der Waals surface area contributed by atoms with Gasteiger partial charge < -0.3 is 14.5 Å². The van der Waals surface area contributed by atoms with Crippen LogP contribution in [0.1, 0.15) is 44.0 Å². The van der Waals surface area contributed by atoms with Gasteiger partial charge in [-0.3, -0.25) is 9.63 Å². The highest BCUT2D eigenvalue weighted by atomic mass is 32.1. The van der Waals surface area contributed by atoms with Gasteiger partial charge in [0.05, 0.1) is 17.3 Å². The smallest absolute Gasteiger partial charge is 0.410 e. The number of amides is 2. The van der Waals surface area contributed by atoms with Gasteiger partial charge in [-0.2, -0.15) is 0 Å². The summed E-state index contributed by atoms with van der Waals surface area (Å²) in [6.07, 6.45) is 3.03. The Balaban J connectivity index is 1.50. The van der Waals surface area contributed by atoms with Crippen molar-refractivity contribution in [1.29, 1.82) is 0 Å². The fourth-order valence-corrected chi connectivity index (χ4v) is 5.35. The van der Waals surface area contributed by atoms with E-state index in [1.807, 2.05) is 32.9 Å². The number of hydrogen-bond donors (Lipinski definition) is 0. The van der Waals surface area contributed by atoms with Crippen LogP contribution >= 0.6 is 11.3 Å². The molecule has 1 aromatic carbocycles. The summed E-state index contributed by atoms with van der Waals surface area (Å²) in [5.74, 6) is 0.684. The number of rotatable bonds is 5. The lowest BCUT2D eigenvalue weighted by atomic mass is 10.0. The highest BCUT2D eigenvalue weighted by molar-refractivity contribution is 7.18. The average Bonchev–Trinajstić information content (AvgIpc) is 3.31. The normalized spacial score (nSPS) is 14.7. The van der Waals surface area contributed by atoms with Gasteiger partial charge in [0.15, 0.2) is 0 Å². The summed E-state index contributed by atoms with van der Waals surface area (Å²) < 4.78 is 6.54. The Labute approximate surface area is 215 Å². The van der Waals surface area contributed by atoms with E-state index in [-0.39, 0.29) is 18.0 Å². The first-order valence-electron chi connectivity index (χ1n) is 11.9. The van der Waals surface area contributed by atoms with Gasteiger partial charge in [-0.05, 0) is 51.3 Å². The minimum Gasteiger partial charge on any atom is -0.444 e. The van der Waals surface area contributed by atoms with Crippen LogP contribution in [0.5, 0.6) is 0 Å². The van der Waals surface area contributed by atoms with Gasteiger partial charge in [-0.15, -0.1) is 11.3 Å². The molecule has 2 aromatic heterocycles. The maximum atomic E-state index is 12.4. The number of benzene rings is 1. The van der Waals surface area contributed by atoms with Crippen LogP contribution in [-0.2, 0) is 9.57 Å². The Kier molecular flexibility index (Phi) is 7.46. The number of thiophene rings is 1. The summed E-state index contributed by atoms with van der Waals surface area (Å²) in [4.78, 5) is 42.9. The van der Waals surface area contributed by atoms with Crippen molar-refractivity contribution in [3.63, 3.8) is 0 Å². The Morgan fingerprint density at radius 1 is 1.08 bits per heavy atom. The molecule has 3 heterocycles. The summed E-state index contributed by atoms with van der Waals surface area (Å²) in [7, 11) is 5.10. The van der Waals surface area contributed by atoms with E-state index in [0.717, 1.165) is 40.0 Å². The first-order chi connectivity index (χ1) is 17.1. The molecule has 2 amide bonds. The molecule has 36 heavy (non-hydrogen) atoms. The van der Waals surface area contributed by atoms with E-state index in [1.165, 1.54) is 12.2 Å². The number of hydroxylamine groups is 2. The minimum atomic E-state index is -0.496. The number of aromatic nitrogens is 2. The molecule has 0 bridgehead atoms. The van der Waals surface area contributed by atoms with Crippen LogP contribution in [0.4, 0.5) is 10.6 Å². The number of hydrogen-bond acceptors (Lipinski definition) is 8. The molecule has 0 radical (unpaired) electrons. The Morgan fingerprint density at radius 2 is 1.75 bits per heavy atom. The molecule has 1 fully saturated rings. The zero-order valence-corrected chi connectivity index (χ0v) is 22.5. The number of ether oxygens (including phenoxy) is 1. The number of anilines is 1. The topological polar surface area (TPSA) is 88.1 Å². The van der Waals surface area contributed by atoms with Crippen LogP contribution in [0, 0.1) is 0 Å². The van der Waals surface area contributed by atoms with E-state index < -0.39 is 5.60 Å². The van der Waals surface area contributed by atoms with E-state index in [0.29, 0.717) is 18.7 Å². The lowest BCUT2D eigenvalue weighted by Crippen LogP contribution is -2.47. The van der Waals surface area contributed by atoms with Gasteiger partial charge >= 0.3 is 6.09 Å². The molecule has 1 aliphatic rings. The Bertz CT molecular complexity index is 1230. The molecule has 10 heteroatoms. The van der Waals surface area contributed by atoms with Crippen molar-refractivity contribution in [2.75, 3.05) is 39.2 Å². The van der Waals surface area contributed by atoms with Crippen molar-refractivity contribution in [1.82, 2.24) is 19.9 Å². The van der Waals surface area contributed by atoms with Crippen molar-refractivity contribution >= 4 is 39.4 Å². The third-order valence-corrected chi connectivity index (χ3v) is 7.30. The standard InChI is InChI=1S/C26H33N5O4S/c1-26(2,3)35-25(33)31-13-11-19(12-14-31)29(4)23-22-21(27-16-28-23)20(15-36-22)17-7-9-18(10-8-17)24(32)30(5)34-6/h7-10,15-16,19H,11-14H2,1-6H3. The minimum absolute atomic E-state index is 0.205. The molecule has 0 atom stereocenters. The highest BCUT2D eigenvalue weighted by Crippen LogP contribution is 2.38. The Morgan fingerprint density at radius 3 is 2.36 bits per heavy atom. The molecule has 192 valence electrons. The van der Waals surface area contributed by atoms with Gasteiger partial charge in [0.1, 0.15) is 17.7 Å². The molecule has 0 unspecified atom stereocenters. The lowest BCUT2D eigenvalue weighted by Gasteiger charge is -2.37. The first-order valence-corrected chi connectivity index (χ1v) is 12.8. The maximum Gasteiger partial charge on any atom is 0.410 e.